The van der Waals surface area contributed by atoms with Crippen molar-refractivity contribution >= 4 is 0 Å². The number of rotatable bonds is 4. The van der Waals surface area contributed by atoms with Crippen molar-refractivity contribution in [2.75, 3.05) is 26.2 Å². The van der Waals surface area contributed by atoms with Gasteiger partial charge in [0, 0.05) is 18.6 Å². The lowest BCUT2D eigenvalue weighted by Gasteiger charge is -2.24. The monoisotopic (exact) mass is 196 g/mol. The van der Waals surface area contributed by atoms with Crippen LogP contribution < -0.4 is 5.32 Å². The van der Waals surface area contributed by atoms with Crippen LogP contribution in [-0.4, -0.2) is 36.6 Å². The highest BCUT2D eigenvalue weighted by Crippen LogP contribution is 2.29. The van der Waals surface area contributed by atoms with Gasteiger partial charge < -0.3 is 10.2 Å². The van der Waals surface area contributed by atoms with Gasteiger partial charge >= 0.3 is 0 Å². The average molecular weight is 196 g/mol. The zero-order valence-electron chi connectivity index (χ0n) is 9.52. The van der Waals surface area contributed by atoms with Gasteiger partial charge in [-0.05, 0) is 38.8 Å². The van der Waals surface area contributed by atoms with Crippen LogP contribution in [0.5, 0.6) is 0 Å². The van der Waals surface area contributed by atoms with Gasteiger partial charge in [0.15, 0.2) is 0 Å². The Bertz CT molecular complexity index is 173. The molecule has 0 aromatic heterocycles. The van der Waals surface area contributed by atoms with E-state index in [0.29, 0.717) is 5.54 Å². The molecule has 0 saturated carbocycles. The SMILES string of the molecule is CCCCCN1CCC2(CCCN2)C1. The minimum atomic E-state index is 0.534. The van der Waals surface area contributed by atoms with Gasteiger partial charge in [0.05, 0.1) is 0 Å². The van der Waals surface area contributed by atoms with E-state index in [1.165, 1.54) is 64.7 Å². The normalized spacial score (nSPS) is 33.2. The molecule has 0 aromatic carbocycles. The molecule has 2 heteroatoms. The predicted molar refractivity (Wildman–Crippen MR) is 60.5 cm³/mol. The van der Waals surface area contributed by atoms with E-state index in [4.69, 9.17) is 0 Å². The summed E-state index contributed by atoms with van der Waals surface area (Å²) >= 11 is 0. The smallest absolute Gasteiger partial charge is 0.0321 e. The highest BCUT2D eigenvalue weighted by molar-refractivity contribution is 5.00. The Morgan fingerprint density at radius 1 is 1.29 bits per heavy atom. The standard InChI is InChI=1S/C12H24N2/c1-2-3-4-9-14-10-7-12(11-14)6-5-8-13-12/h13H,2-11H2,1H3. The third kappa shape index (κ3) is 2.29. The van der Waals surface area contributed by atoms with Crippen molar-refractivity contribution in [2.24, 2.45) is 0 Å². The summed E-state index contributed by atoms with van der Waals surface area (Å²) in [6, 6.07) is 0. The molecule has 0 aliphatic carbocycles. The summed E-state index contributed by atoms with van der Waals surface area (Å²) in [5.41, 5.74) is 0.534. The molecule has 14 heavy (non-hydrogen) atoms. The van der Waals surface area contributed by atoms with Crippen molar-refractivity contribution in [3.8, 4) is 0 Å². The zero-order valence-corrected chi connectivity index (χ0v) is 9.52. The summed E-state index contributed by atoms with van der Waals surface area (Å²) in [4.78, 5) is 2.66. The van der Waals surface area contributed by atoms with Crippen LogP contribution in [0.3, 0.4) is 0 Å². The second-order valence-corrected chi connectivity index (χ2v) is 5.04. The summed E-state index contributed by atoms with van der Waals surface area (Å²) in [5, 5.41) is 3.71. The minimum absolute atomic E-state index is 0.534. The minimum Gasteiger partial charge on any atom is -0.310 e. The molecule has 0 bridgehead atoms. The third-order valence-corrected chi connectivity index (χ3v) is 3.84. The Hall–Kier alpha value is -0.0800. The Morgan fingerprint density at radius 2 is 2.21 bits per heavy atom. The van der Waals surface area contributed by atoms with Crippen LogP contribution >= 0.6 is 0 Å². The molecule has 1 unspecified atom stereocenters. The quantitative estimate of drug-likeness (QED) is 0.692. The zero-order chi connectivity index (χ0) is 9.86. The van der Waals surface area contributed by atoms with Gasteiger partial charge in [0.2, 0.25) is 0 Å². The Morgan fingerprint density at radius 3 is 2.93 bits per heavy atom. The molecule has 2 fully saturated rings. The molecule has 1 N–H and O–H groups in total. The van der Waals surface area contributed by atoms with Crippen molar-refractivity contribution in [3.05, 3.63) is 0 Å². The van der Waals surface area contributed by atoms with Crippen LogP contribution in [-0.2, 0) is 0 Å². The van der Waals surface area contributed by atoms with Crippen molar-refractivity contribution in [3.63, 3.8) is 0 Å². The van der Waals surface area contributed by atoms with Gasteiger partial charge in [0.25, 0.3) is 0 Å². The number of hydrogen-bond donors (Lipinski definition) is 1. The van der Waals surface area contributed by atoms with Gasteiger partial charge in [-0.3, -0.25) is 0 Å². The van der Waals surface area contributed by atoms with Crippen molar-refractivity contribution in [1.29, 1.82) is 0 Å². The number of hydrogen-bond acceptors (Lipinski definition) is 2. The fourth-order valence-corrected chi connectivity index (χ4v) is 2.95. The topological polar surface area (TPSA) is 15.3 Å². The second-order valence-electron chi connectivity index (χ2n) is 5.04. The molecule has 2 aliphatic rings. The maximum atomic E-state index is 3.71. The fraction of sp³-hybridized carbons (Fsp3) is 1.00. The number of nitrogens with one attached hydrogen (secondary N) is 1. The van der Waals surface area contributed by atoms with Gasteiger partial charge in [-0.2, -0.15) is 0 Å². The molecule has 2 heterocycles. The molecule has 1 atom stereocenters. The number of likely N-dealkylation sites (tertiary alicyclic amines) is 1. The van der Waals surface area contributed by atoms with Gasteiger partial charge in [0.1, 0.15) is 0 Å². The van der Waals surface area contributed by atoms with Gasteiger partial charge in [-0.15, -0.1) is 0 Å². The lowest BCUT2D eigenvalue weighted by Crippen LogP contribution is -2.42. The highest BCUT2D eigenvalue weighted by atomic mass is 15.2. The van der Waals surface area contributed by atoms with Crippen LogP contribution in [0.25, 0.3) is 0 Å². The van der Waals surface area contributed by atoms with Crippen LogP contribution in [0.15, 0.2) is 0 Å². The van der Waals surface area contributed by atoms with E-state index in [2.05, 4.69) is 17.1 Å². The fourth-order valence-electron chi connectivity index (χ4n) is 2.95. The molecule has 0 aromatic rings. The predicted octanol–water partition coefficient (Wildman–Crippen LogP) is 2.00. The van der Waals surface area contributed by atoms with Gasteiger partial charge in [-0.25, -0.2) is 0 Å². The molecule has 82 valence electrons. The van der Waals surface area contributed by atoms with E-state index in [-0.39, 0.29) is 0 Å². The summed E-state index contributed by atoms with van der Waals surface area (Å²) in [7, 11) is 0. The summed E-state index contributed by atoms with van der Waals surface area (Å²) in [6.07, 6.45) is 8.33. The second kappa shape index (κ2) is 4.63. The molecular formula is C12H24N2. The van der Waals surface area contributed by atoms with Crippen molar-refractivity contribution in [2.45, 2.75) is 51.0 Å². The van der Waals surface area contributed by atoms with Crippen LogP contribution in [0.4, 0.5) is 0 Å². The summed E-state index contributed by atoms with van der Waals surface area (Å²) < 4.78 is 0. The lowest BCUT2D eigenvalue weighted by molar-refractivity contribution is 0.292. The van der Waals surface area contributed by atoms with Crippen molar-refractivity contribution in [1.82, 2.24) is 10.2 Å². The largest absolute Gasteiger partial charge is 0.310 e. The molecule has 0 radical (unpaired) electrons. The maximum Gasteiger partial charge on any atom is 0.0321 e. The Kier molecular flexibility index (Phi) is 3.45. The first-order valence-corrected chi connectivity index (χ1v) is 6.32. The van der Waals surface area contributed by atoms with E-state index in [0.717, 1.165) is 0 Å². The van der Waals surface area contributed by atoms with Crippen LogP contribution in [0, 0.1) is 0 Å². The first-order chi connectivity index (χ1) is 6.85. The van der Waals surface area contributed by atoms with E-state index < -0.39 is 0 Å². The molecule has 2 nitrogen and oxygen atoms in total. The van der Waals surface area contributed by atoms with E-state index in [9.17, 15) is 0 Å². The van der Waals surface area contributed by atoms with Gasteiger partial charge in [-0.1, -0.05) is 19.8 Å². The molecule has 1 spiro atoms. The molecule has 0 amide bonds. The summed E-state index contributed by atoms with van der Waals surface area (Å²) in [5.74, 6) is 0. The number of nitrogens with zero attached hydrogens (tertiary/aromatic N) is 1. The van der Waals surface area contributed by atoms with Crippen molar-refractivity contribution < 1.29 is 0 Å². The highest BCUT2D eigenvalue weighted by Gasteiger charge is 2.39. The van der Waals surface area contributed by atoms with E-state index >= 15 is 0 Å². The lowest BCUT2D eigenvalue weighted by atomic mass is 9.97. The van der Waals surface area contributed by atoms with Crippen LogP contribution in [0.1, 0.15) is 45.4 Å². The third-order valence-electron chi connectivity index (χ3n) is 3.84. The van der Waals surface area contributed by atoms with Crippen LogP contribution in [0.2, 0.25) is 0 Å². The van der Waals surface area contributed by atoms with E-state index in [1.54, 1.807) is 0 Å². The van der Waals surface area contributed by atoms with E-state index in [1.807, 2.05) is 0 Å². The molecule has 2 saturated heterocycles. The number of unbranched alkanes of at least 4 members (excludes halogenated alkanes) is 2. The average Bonchev–Trinajstić information content (AvgIpc) is 2.79. The first kappa shape index (κ1) is 10.4. The Balaban J connectivity index is 1.71. The molecular weight excluding hydrogens is 172 g/mol. The maximum absolute atomic E-state index is 3.71. The summed E-state index contributed by atoms with van der Waals surface area (Å²) in [6.45, 7) is 7.51. The molecule has 2 aliphatic heterocycles. The first-order valence-electron chi connectivity index (χ1n) is 6.32. The Labute approximate surface area is 88.1 Å². The molecule has 2 rings (SSSR count).